The molecule has 0 heterocycles. The first kappa shape index (κ1) is 15.4. The SMILES string of the molecule is O=C(O)Cc1cc(Cl)ccc1Sc1ccc(C(=O)O)cc1. The molecule has 0 aliphatic heterocycles. The van der Waals surface area contributed by atoms with Crippen molar-refractivity contribution in [2.45, 2.75) is 16.2 Å². The Balaban J connectivity index is 2.26. The van der Waals surface area contributed by atoms with E-state index in [0.29, 0.717) is 10.6 Å². The van der Waals surface area contributed by atoms with E-state index in [4.69, 9.17) is 21.8 Å². The van der Waals surface area contributed by atoms with Gasteiger partial charge in [0.25, 0.3) is 0 Å². The molecule has 0 amide bonds. The Kier molecular flexibility index (Phi) is 4.88. The maximum absolute atomic E-state index is 10.9. The highest BCUT2D eigenvalue weighted by Gasteiger charge is 2.10. The maximum atomic E-state index is 10.9. The number of carboxylic acid groups (broad SMARTS) is 2. The second kappa shape index (κ2) is 6.65. The Labute approximate surface area is 130 Å². The van der Waals surface area contributed by atoms with Gasteiger partial charge in [0.15, 0.2) is 0 Å². The summed E-state index contributed by atoms with van der Waals surface area (Å²) in [5.74, 6) is -1.91. The van der Waals surface area contributed by atoms with E-state index in [-0.39, 0.29) is 12.0 Å². The lowest BCUT2D eigenvalue weighted by atomic mass is 10.1. The van der Waals surface area contributed by atoms with Gasteiger partial charge in [0.1, 0.15) is 0 Å². The zero-order chi connectivity index (χ0) is 15.4. The van der Waals surface area contributed by atoms with Crippen LogP contribution in [0.2, 0.25) is 5.02 Å². The number of halogens is 1. The fraction of sp³-hybridized carbons (Fsp3) is 0.0667. The van der Waals surface area contributed by atoms with Gasteiger partial charge in [-0.2, -0.15) is 0 Å². The number of benzene rings is 2. The largest absolute Gasteiger partial charge is 0.481 e. The van der Waals surface area contributed by atoms with E-state index in [9.17, 15) is 9.59 Å². The molecule has 2 rings (SSSR count). The van der Waals surface area contributed by atoms with Crippen LogP contribution < -0.4 is 0 Å². The summed E-state index contributed by atoms with van der Waals surface area (Å²) in [4.78, 5) is 23.3. The van der Waals surface area contributed by atoms with E-state index in [1.165, 1.54) is 23.9 Å². The number of carboxylic acids is 2. The van der Waals surface area contributed by atoms with Crippen LogP contribution in [0.5, 0.6) is 0 Å². The van der Waals surface area contributed by atoms with Gasteiger partial charge in [0.2, 0.25) is 0 Å². The zero-order valence-electron chi connectivity index (χ0n) is 10.7. The van der Waals surface area contributed by atoms with Crippen molar-refractivity contribution in [3.63, 3.8) is 0 Å². The summed E-state index contributed by atoms with van der Waals surface area (Å²) in [5.41, 5.74) is 0.837. The molecular formula is C15H11ClO4S. The van der Waals surface area contributed by atoms with Gasteiger partial charge in [-0.3, -0.25) is 4.79 Å². The molecule has 0 atom stereocenters. The molecule has 0 bridgehead atoms. The number of hydrogen-bond donors (Lipinski definition) is 2. The van der Waals surface area contributed by atoms with Gasteiger partial charge in [0, 0.05) is 14.8 Å². The zero-order valence-corrected chi connectivity index (χ0v) is 12.3. The van der Waals surface area contributed by atoms with Crippen molar-refractivity contribution in [3.05, 3.63) is 58.6 Å². The summed E-state index contributed by atoms with van der Waals surface area (Å²) in [7, 11) is 0. The summed E-state index contributed by atoms with van der Waals surface area (Å²) in [6, 6.07) is 11.5. The summed E-state index contributed by atoms with van der Waals surface area (Å²) in [6.45, 7) is 0. The van der Waals surface area contributed by atoms with Crippen LogP contribution in [0.1, 0.15) is 15.9 Å². The summed E-state index contributed by atoms with van der Waals surface area (Å²) < 4.78 is 0. The van der Waals surface area contributed by atoms with Crippen molar-refractivity contribution in [3.8, 4) is 0 Å². The third-order valence-corrected chi connectivity index (χ3v) is 4.05. The van der Waals surface area contributed by atoms with Crippen LogP contribution in [0.25, 0.3) is 0 Å². The average Bonchev–Trinajstić information content (AvgIpc) is 2.42. The molecule has 0 aliphatic rings. The van der Waals surface area contributed by atoms with Crippen LogP contribution in [-0.2, 0) is 11.2 Å². The van der Waals surface area contributed by atoms with Crippen LogP contribution in [0, 0.1) is 0 Å². The summed E-state index contributed by atoms with van der Waals surface area (Å²) in [6.07, 6.45) is -0.115. The van der Waals surface area contributed by atoms with Crippen LogP contribution >= 0.6 is 23.4 Å². The van der Waals surface area contributed by atoms with Crippen LogP contribution in [0.15, 0.2) is 52.3 Å². The standard InChI is InChI=1S/C15H11ClO4S/c16-11-3-6-13(10(7-11)8-14(17)18)21-12-4-1-9(2-5-12)15(19)20/h1-7H,8H2,(H,17,18)(H,19,20). The van der Waals surface area contributed by atoms with Gasteiger partial charge in [-0.25, -0.2) is 4.79 Å². The van der Waals surface area contributed by atoms with Crippen molar-refractivity contribution in [1.29, 1.82) is 0 Å². The van der Waals surface area contributed by atoms with Gasteiger partial charge in [0.05, 0.1) is 12.0 Å². The molecular weight excluding hydrogens is 312 g/mol. The summed E-state index contributed by atoms with van der Waals surface area (Å²) >= 11 is 7.26. The fourth-order valence-corrected chi connectivity index (χ4v) is 2.86. The van der Waals surface area contributed by atoms with Crippen LogP contribution in [0.4, 0.5) is 0 Å². The third kappa shape index (κ3) is 4.24. The molecule has 21 heavy (non-hydrogen) atoms. The molecule has 0 saturated carbocycles. The first-order valence-corrected chi connectivity index (χ1v) is 7.16. The monoisotopic (exact) mass is 322 g/mol. The fourth-order valence-electron chi connectivity index (χ4n) is 1.74. The number of aliphatic carboxylic acids is 1. The van der Waals surface area contributed by atoms with Crippen molar-refractivity contribution in [2.75, 3.05) is 0 Å². The van der Waals surface area contributed by atoms with Crippen molar-refractivity contribution in [2.24, 2.45) is 0 Å². The quantitative estimate of drug-likeness (QED) is 0.875. The Morgan fingerprint density at radius 3 is 2.29 bits per heavy atom. The van der Waals surface area contributed by atoms with Gasteiger partial charge >= 0.3 is 11.9 Å². The van der Waals surface area contributed by atoms with E-state index < -0.39 is 11.9 Å². The minimum atomic E-state index is -0.982. The third-order valence-electron chi connectivity index (χ3n) is 2.69. The Hall–Kier alpha value is -1.98. The topological polar surface area (TPSA) is 74.6 Å². The van der Waals surface area contributed by atoms with Gasteiger partial charge < -0.3 is 10.2 Å². The molecule has 4 nitrogen and oxygen atoms in total. The normalized spacial score (nSPS) is 10.3. The van der Waals surface area contributed by atoms with Crippen molar-refractivity contribution in [1.82, 2.24) is 0 Å². The van der Waals surface area contributed by atoms with Crippen LogP contribution in [-0.4, -0.2) is 22.2 Å². The minimum Gasteiger partial charge on any atom is -0.481 e. The molecule has 2 N–H and O–H groups in total. The number of hydrogen-bond acceptors (Lipinski definition) is 3. The van der Waals surface area contributed by atoms with E-state index >= 15 is 0 Å². The van der Waals surface area contributed by atoms with Crippen LogP contribution in [0.3, 0.4) is 0 Å². The van der Waals surface area contributed by atoms with Gasteiger partial charge in [-0.05, 0) is 48.0 Å². The summed E-state index contributed by atoms with van der Waals surface area (Å²) in [5, 5.41) is 18.3. The van der Waals surface area contributed by atoms with E-state index in [1.807, 2.05) is 0 Å². The molecule has 0 spiro atoms. The predicted molar refractivity (Wildman–Crippen MR) is 80.3 cm³/mol. The van der Waals surface area contributed by atoms with Gasteiger partial charge in [-0.15, -0.1) is 0 Å². The molecule has 0 fully saturated rings. The molecule has 0 radical (unpaired) electrons. The van der Waals surface area contributed by atoms with Gasteiger partial charge in [-0.1, -0.05) is 23.4 Å². The highest BCUT2D eigenvalue weighted by Crippen LogP contribution is 2.32. The lowest BCUT2D eigenvalue weighted by Crippen LogP contribution is -2.01. The highest BCUT2D eigenvalue weighted by atomic mass is 35.5. The number of rotatable bonds is 5. The molecule has 2 aromatic carbocycles. The molecule has 0 saturated heterocycles. The van der Waals surface area contributed by atoms with E-state index in [1.54, 1.807) is 30.3 Å². The second-order valence-electron chi connectivity index (χ2n) is 4.25. The minimum absolute atomic E-state index is 0.115. The molecule has 108 valence electrons. The molecule has 6 heteroatoms. The molecule has 0 unspecified atom stereocenters. The molecule has 2 aromatic rings. The Bertz CT molecular complexity index is 683. The maximum Gasteiger partial charge on any atom is 0.335 e. The second-order valence-corrected chi connectivity index (χ2v) is 5.81. The Morgan fingerprint density at radius 2 is 1.71 bits per heavy atom. The molecule has 0 aromatic heterocycles. The van der Waals surface area contributed by atoms with Crippen molar-refractivity contribution < 1.29 is 19.8 Å². The number of carbonyl (C=O) groups is 2. The Morgan fingerprint density at radius 1 is 1.05 bits per heavy atom. The lowest BCUT2D eigenvalue weighted by molar-refractivity contribution is -0.136. The molecule has 0 aliphatic carbocycles. The predicted octanol–water partition coefficient (Wildman–Crippen LogP) is 3.82. The smallest absolute Gasteiger partial charge is 0.335 e. The average molecular weight is 323 g/mol. The van der Waals surface area contributed by atoms with E-state index in [2.05, 4.69) is 0 Å². The number of aromatic carboxylic acids is 1. The first-order valence-electron chi connectivity index (χ1n) is 5.97. The highest BCUT2D eigenvalue weighted by molar-refractivity contribution is 7.99. The first-order chi connectivity index (χ1) is 9.95. The van der Waals surface area contributed by atoms with E-state index in [0.717, 1.165) is 9.79 Å². The lowest BCUT2D eigenvalue weighted by Gasteiger charge is -2.08. The van der Waals surface area contributed by atoms with Crippen molar-refractivity contribution >= 4 is 35.3 Å².